The Morgan fingerprint density at radius 2 is 2.29 bits per heavy atom. The van der Waals surface area contributed by atoms with Crippen molar-refractivity contribution in [3.63, 3.8) is 0 Å². The summed E-state index contributed by atoms with van der Waals surface area (Å²) in [4.78, 5) is 21.9. The number of terminal acetylenes is 1. The van der Waals surface area contributed by atoms with Crippen LogP contribution < -0.4 is 0 Å². The Bertz CT molecular complexity index is 474. The number of nitrogens with zero attached hydrogens (tertiary/aromatic N) is 1. The molecule has 4 heteroatoms. The highest BCUT2D eigenvalue weighted by Gasteiger charge is 2.13. The van der Waals surface area contributed by atoms with Crippen LogP contribution in [0.4, 0.5) is 5.69 Å². The van der Waals surface area contributed by atoms with Gasteiger partial charge in [-0.25, -0.2) is 0 Å². The van der Waals surface area contributed by atoms with E-state index in [2.05, 4.69) is 5.92 Å². The second-order valence-corrected chi connectivity index (χ2v) is 3.95. The molecule has 0 aromatic heterocycles. The highest BCUT2D eigenvalue weighted by molar-refractivity contribution is 5.96. The molecule has 1 aromatic rings. The first kappa shape index (κ1) is 12.9. The third-order valence-corrected chi connectivity index (χ3v) is 2.38. The van der Waals surface area contributed by atoms with Gasteiger partial charge in [-0.2, -0.15) is 0 Å². The number of rotatable bonds is 5. The molecule has 1 rings (SSSR count). The molecule has 1 unspecified atom stereocenters. The van der Waals surface area contributed by atoms with Gasteiger partial charge in [0.25, 0.3) is 5.69 Å². The van der Waals surface area contributed by atoms with Gasteiger partial charge in [0.1, 0.15) is 0 Å². The van der Waals surface area contributed by atoms with Crippen LogP contribution in [-0.2, 0) is 0 Å². The second kappa shape index (κ2) is 5.80. The van der Waals surface area contributed by atoms with E-state index in [9.17, 15) is 14.9 Å². The third-order valence-electron chi connectivity index (χ3n) is 2.38. The van der Waals surface area contributed by atoms with Gasteiger partial charge in [0.2, 0.25) is 0 Å². The van der Waals surface area contributed by atoms with Crippen molar-refractivity contribution in [2.45, 2.75) is 19.8 Å². The van der Waals surface area contributed by atoms with Crippen molar-refractivity contribution < 1.29 is 9.72 Å². The molecule has 1 aromatic carbocycles. The molecule has 88 valence electrons. The molecule has 0 amide bonds. The van der Waals surface area contributed by atoms with Gasteiger partial charge in [0.05, 0.1) is 4.92 Å². The summed E-state index contributed by atoms with van der Waals surface area (Å²) >= 11 is 0. The Balaban J connectivity index is 2.79. The van der Waals surface area contributed by atoms with Crippen molar-refractivity contribution in [2.24, 2.45) is 5.92 Å². The zero-order valence-corrected chi connectivity index (χ0v) is 9.55. The molecular formula is C13H13NO3. The molecule has 0 bridgehead atoms. The van der Waals surface area contributed by atoms with E-state index in [0.29, 0.717) is 18.4 Å². The Hall–Kier alpha value is -2.15. The number of Topliss-reactive ketones (excluding diaryl/α,β-unsaturated/α-hetero) is 1. The van der Waals surface area contributed by atoms with Gasteiger partial charge in [-0.1, -0.05) is 19.1 Å². The van der Waals surface area contributed by atoms with Gasteiger partial charge in [-0.3, -0.25) is 14.9 Å². The average molecular weight is 231 g/mol. The maximum atomic E-state index is 11.8. The van der Waals surface area contributed by atoms with E-state index in [1.807, 2.05) is 6.92 Å². The predicted octanol–water partition coefficient (Wildman–Crippen LogP) is 2.83. The largest absolute Gasteiger partial charge is 0.294 e. The number of carbonyl (C=O) groups is 1. The molecule has 17 heavy (non-hydrogen) atoms. The van der Waals surface area contributed by atoms with Gasteiger partial charge in [-0.05, 0) is 5.92 Å². The highest BCUT2D eigenvalue weighted by Crippen LogP contribution is 2.17. The molecule has 0 N–H and O–H groups in total. The lowest BCUT2D eigenvalue weighted by Gasteiger charge is -2.06. The number of carbonyl (C=O) groups excluding carboxylic acids is 1. The monoisotopic (exact) mass is 231 g/mol. The Morgan fingerprint density at radius 3 is 2.88 bits per heavy atom. The molecule has 0 radical (unpaired) electrons. The standard InChI is InChI=1S/C13H13NO3/c1-3-5-10(2)8-13(15)11-6-4-7-12(9-11)14(16)17/h1,4,6-7,9-10H,5,8H2,2H3. The molecule has 0 aliphatic heterocycles. The lowest BCUT2D eigenvalue weighted by Crippen LogP contribution is -2.06. The summed E-state index contributed by atoms with van der Waals surface area (Å²) in [7, 11) is 0. The Labute approximate surface area is 99.8 Å². The van der Waals surface area contributed by atoms with Crippen LogP contribution in [0.25, 0.3) is 0 Å². The fourth-order valence-electron chi connectivity index (χ4n) is 1.50. The molecule has 1 atom stereocenters. The molecule has 0 fully saturated rings. The van der Waals surface area contributed by atoms with E-state index >= 15 is 0 Å². The highest BCUT2D eigenvalue weighted by atomic mass is 16.6. The van der Waals surface area contributed by atoms with Crippen LogP contribution in [0.15, 0.2) is 24.3 Å². The summed E-state index contributed by atoms with van der Waals surface area (Å²) in [5, 5.41) is 10.6. The molecule has 0 saturated heterocycles. The molecule has 0 heterocycles. The number of non-ortho nitro benzene ring substituents is 1. The van der Waals surface area contributed by atoms with E-state index in [0.717, 1.165) is 0 Å². The fourth-order valence-corrected chi connectivity index (χ4v) is 1.50. The van der Waals surface area contributed by atoms with Crippen LogP contribution in [0, 0.1) is 28.4 Å². The van der Waals surface area contributed by atoms with E-state index in [4.69, 9.17) is 6.42 Å². The van der Waals surface area contributed by atoms with Crippen LogP contribution in [0.5, 0.6) is 0 Å². The summed E-state index contributed by atoms with van der Waals surface area (Å²) in [6.07, 6.45) is 6.00. The smallest absolute Gasteiger partial charge is 0.270 e. The van der Waals surface area contributed by atoms with Crippen molar-refractivity contribution >= 4 is 11.5 Å². The fraction of sp³-hybridized carbons (Fsp3) is 0.308. The van der Waals surface area contributed by atoms with Gasteiger partial charge in [0.15, 0.2) is 5.78 Å². The van der Waals surface area contributed by atoms with Crippen LogP contribution in [0.3, 0.4) is 0 Å². The number of ketones is 1. The topological polar surface area (TPSA) is 60.2 Å². The predicted molar refractivity (Wildman–Crippen MR) is 64.7 cm³/mol. The molecule has 0 aliphatic rings. The average Bonchev–Trinajstić information content (AvgIpc) is 2.29. The maximum absolute atomic E-state index is 11.8. The lowest BCUT2D eigenvalue weighted by molar-refractivity contribution is -0.384. The summed E-state index contributed by atoms with van der Waals surface area (Å²) in [6, 6.07) is 5.75. The second-order valence-electron chi connectivity index (χ2n) is 3.95. The van der Waals surface area contributed by atoms with E-state index < -0.39 is 4.92 Å². The summed E-state index contributed by atoms with van der Waals surface area (Å²) in [5.74, 6) is 2.47. The van der Waals surface area contributed by atoms with Crippen LogP contribution in [0.1, 0.15) is 30.1 Å². The molecule has 0 saturated carbocycles. The Kier molecular flexibility index (Phi) is 4.41. The number of nitro groups is 1. The number of hydrogen-bond donors (Lipinski definition) is 0. The minimum atomic E-state index is -0.512. The first-order valence-corrected chi connectivity index (χ1v) is 5.25. The van der Waals surface area contributed by atoms with Gasteiger partial charge in [0, 0.05) is 30.5 Å². The van der Waals surface area contributed by atoms with Gasteiger partial charge in [-0.15, -0.1) is 12.3 Å². The molecular weight excluding hydrogens is 218 g/mol. The zero-order valence-electron chi connectivity index (χ0n) is 9.55. The summed E-state index contributed by atoms with van der Waals surface area (Å²) in [5.41, 5.74) is 0.295. The summed E-state index contributed by atoms with van der Waals surface area (Å²) < 4.78 is 0. The van der Waals surface area contributed by atoms with Crippen LogP contribution in [0.2, 0.25) is 0 Å². The number of benzene rings is 1. The molecule has 4 nitrogen and oxygen atoms in total. The minimum absolute atomic E-state index is 0.0690. The first-order chi connectivity index (χ1) is 8.04. The summed E-state index contributed by atoms with van der Waals surface area (Å²) in [6.45, 7) is 1.88. The molecule has 0 aliphatic carbocycles. The quantitative estimate of drug-likeness (QED) is 0.339. The first-order valence-electron chi connectivity index (χ1n) is 5.25. The maximum Gasteiger partial charge on any atom is 0.270 e. The van der Waals surface area contributed by atoms with Crippen molar-refractivity contribution in [3.05, 3.63) is 39.9 Å². The van der Waals surface area contributed by atoms with E-state index in [-0.39, 0.29) is 17.4 Å². The molecule has 0 spiro atoms. The number of nitro benzene ring substituents is 1. The minimum Gasteiger partial charge on any atom is -0.294 e. The van der Waals surface area contributed by atoms with E-state index in [1.54, 1.807) is 6.07 Å². The third kappa shape index (κ3) is 3.72. The normalized spacial score (nSPS) is 11.5. The van der Waals surface area contributed by atoms with Crippen molar-refractivity contribution in [1.29, 1.82) is 0 Å². The zero-order chi connectivity index (χ0) is 12.8. The van der Waals surface area contributed by atoms with Crippen LogP contribution >= 0.6 is 0 Å². The van der Waals surface area contributed by atoms with Gasteiger partial charge >= 0.3 is 0 Å². The van der Waals surface area contributed by atoms with Gasteiger partial charge < -0.3 is 0 Å². The van der Waals surface area contributed by atoms with Crippen LogP contribution in [-0.4, -0.2) is 10.7 Å². The van der Waals surface area contributed by atoms with Crippen molar-refractivity contribution in [1.82, 2.24) is 0 Å². The van der Waals surface area contributed by atoms with E-state index in [1.165, 1.54) is 18.2 Å². The SMILES string of the molecule is C#CCC(C)CC(=O)c1cccc([N+](=O)[O-])c1. The van der Waals surface area contributed by atoms with Crippen molar-refractivity contribution in [3.8, 4) is 12.3 Å². The lowest BCUT2D eigenvalue weighted by atomic mass is 9.97. The Morgan fingerprint density at radius 1 is 1.59 bits per heavy atom. The van der Waals surface area contributed by atoms with Crippen molar-refractivity contribution in [2.75, 3.05) is 0 Å². The number of hydrogen-bond acceptors (Lipinski definition) is 3.